The van der Waals surface area contributed by atoms with E-state index >= 15 is 0 Å². The second-order valence-electron chi connectivity index (χ2n) is 7.54. The average molecular weight is 423 g/mol. The van der Waals surface area contributed by atoms with Crippen LogP contribution in [0.25, 0.3) is 0 Å². The minimum absolute atomic E-state index is 0.0783. The molecule has 10 heteroatoms. The minimum atomic E-state index is -3.79. The molecule has 0 bridgehead atoms. The Morgan fingerprint density at radius 1 is 1.48 bits per heavy atom. The molecule has 0 unspecified atom stereocenters. The van der Waals surface area contributed by atoms with Crippen LogP contribution in [-0.2, 0) is 30.8 Å². The number of carbonyl (C=O) groups excluding carboxylic acids is 2. The highest BCUT2D eigenvalue weighted by Gasteiger charge is 2.45. The highest BCUT2D eigenvalue weighted by atomic mass is 32.2. The maximum Gasteiger partial charge on any atom is 0.328 e. The lowest BCUT2D eigenvalue weighted by atomic mass is 10.1. The number of sulfone groups is 1. The summed E-state index contributed by atoms with van der Waals surface area (Å²) >= 11 is 0. The largest absolute Gasteiger partial charge is 0.350 e. The number of nitrogens with zero attached hydrogens (tertiary/aromatic N) is 2. The fourth-order valence-corrected chi connectivity index (χ4v) is 4.16. The zero-order valence-electron chi connectivity index (χ0n) is 16.5. The van der Waals surface area contributed by atoms with E-state index in [1.165, 1.54) is 16.4 Å². The quantitative estimate of drug-likeness (QED) is 0.518. The Morgan fingerprint density at radius 3 is 2.83 bits per heavy atom. The van der Waals surface area contributed by atoms with Gasteiger partial charge in [0.1, 0.15) is 0 Å². The molecule has 2 aliphatic rings. The Morgan fingerprint density at radius 2 is 2.24 bits per heavy atom. The third kappa shape index (κ3) is 4.32. The van der Waals surface area contributed by atoms with Gasteiger partial charge in [0.2, 0.25) is 0 Å². The molecule has 0 radical (unpaired) electrons. The maximum atomic E-state index is 12.7. The van der Waals surface area contributed by atoms with Crippen LogP contribution in [0.2, 0.25) is 0 Å². The van der Waals surface area contributed by atoms with Crippen LogP contribution in [0.4, 0.5) is 4.79 Å². The number of amides is 2. The molecule has 3 heterocycles. The number of nitrogens with one attached hydrogen (secondary N) is 1. The minimum Gasteiger partial charge on any atom is -0.350 e. The van der Waals surface area contributed by atoms with E-state index in [4.69, 9.17) is 16.0 Å². The van der Waals surface area contributed by atoms with Crippen molar-refractivity contribution in [3.05, 3.63) is 23.5 Å². The van der Waals surface area contributed by atoms with Gasteiger partial charge in [0.05, 0.1) is 6.54 Å². The van der Waals surface area contributed by atoms with Crippen LogP contribution in [0.3, 0.4) is 0 Å². The van der Waals surface area contributed by atoms with Crippen LogP contribution in [-0.4, -0.2) is 60.3 Å². The first-order valence-electron chi connectivity index (χ1n) is 9.40. The van der Waals surface area contributed by atoms with Gasteiger partial charge in [-0.1, -0.05) is 5.92 Å². The van der Waals surface area contributed by atoms with Gasteiger partial charge in [-0.3, -0.25) is 9.36 Å². The van der Waals surface area contributed by atoms with Crippen LogP contribution < -0.4 is 5.48 Å². The Balaban J connectivity index is 1.64. The van der Waals surface area contributed by atoms with Crippen molar-refractivity contribution in [1.29, 1.82) is 0 Å². The maximum absolute atomic E-state index is 12.7. The monoisotopic (exact) mass is 423 g/mol. The van der Waals surface area contributed by atoms with Gasteiger partial charge in [0.25, 0.3) is 5.91 Å². The van der Waals surface area contributed by atoms with Crippen LogP contribution in [0.1, 0.15) is 43.9 Å². The SMILES string of the molecule is C#Cc1cc2n(c1)C(=O)N(CC[C@@](C)(C(=O)NO[C@H]1CCCCO1)S(C)(=O)=O)C2. The number of ether oxygens (including phenoxy) is 1. The normalized spacial score (nSPS) is 21.3. The van der Waals surface area contributed by atoms with Gasteiger partial charge in [-0.15, -0.1) is 6.42 Å². The van der Waals surface area contributed by atoms with E-state index in [1.54, 1.807) is 12.3 Å². The molecule has 29 heavy (non-hydrogen) atoms. The van der Waals surface area contributed by atoms with Crippen molar-refractivity contribution < 1.29 is 27.6 Å². The van der Waals surface area contributed by atoms with Crippen LogP contribution >= 0.6 is 0 Å². The second kappa shape index (κ2) is 8.18. The van der Waals surface area contributed by atoms with Gasteiger partial charge >= 0.3 is 6.03 Å². The molecule has 3 rings (SSSR count). The molecule has 0 spiro atoms. The smallest absolute Gasteiger partial charge is 0.328 e. The third-order valence-electron chi connectivity index (χ3n) is 5.47. The number of fused-ring (bicyclic) bond motifs is 1. The van der Waals surface area contributed by atoms with Gasteiger partial charge < -0.3 is 9.64 Å². The van der Waals surface area contributed by atoms with Crippen LogP contribution in [0, 0.1) is 12.3 Å². The summed E-state index contributed by atoms with van der Waals surface area (Å²) in [6.07, 6.45) is 9.70. The number of aromatic nitrogens is 1. The van der Waals surface area contributed by atoms with Crippen molar-refractivity contribution in [2.45, 2.75) is 50.2 Å². The first-order chi connectivity index (χ1) is 13.7. The molecule has 1 aromatic heterocycles. The highest BCUT2D eigenvalue weighted by Crippen LogP contribution is 2.26. The van der Waals surface area contributed by atoms with E-state index in [0.717, 1.165) is 24.8 Å². The molecule has 158 valence electrons. The molecule has 2 atom stereocenters. The van der Waals surface area contributed by atoms with Crippen LogP contribution in [0.5, 0.6) is 0 Å². The Kier molecular flexibility index (Phi) is 6.03. The Hall–Kier alpha value is -2.35. The van der Waals surface area contributed by atoms with Gasteiger partial charge in [0.15, 0.2) is 20.9 Å². The zero-order chi connectivity index (χ0) is 21.2. The van der Waals surface area contributed by atoms with E-state index in [9.17, 15) is 18.0 Å². The Labute approximate surface area is 170 Å². The summed E-state index contributed by atoms with van der Waals surface area (Å²) in [6.45, 7) is 2.25. The number of hydrogen-bond acceptors (Lipinski definition) is 6. The molecule has 1 fully saturated rings. The molecular weight excluding hydrogens is 398 g/mol. The van der Waals surface area contributed by atoms with Crippen molar-refractivity contribution in [2.75, 3.05) is 19.4 Å². The molecule has 2 amide bonds. The number of carbonyl (C=O) groups is 2. The summed E-state index contributed by atoms with van der Waals surface area (Å²) in [5.74, 6) is 1.69. The van der Waals surface area contributed by atoms with Gasteiger partial charge in [-0.2, -0.15) is 0 Å². The number of hydroxylamine groups is 1. The lowest BCUT2D eigenvalue weighted by molar-refractivity contribution is -0.201. The van der Waals surface area contributed by atoms with Crippen molar-refractivity contribution in [2.24, 2.45) is 0 Å². The predicted molar refractivity (Wildman–Crippen MR) is 104 cm³/mol. The van der Waals surface area contributed by atoms with E-state index < -0.39 is 26.8 Å². The van der Waals surface area contributed by atoms with Crippen LogP contribution in [0.15, 0.2) is 12.3 Å². The summed E-state index contributed by atoms with van der Waals surface area (Å²) in [5.41, 5.74) is 3.57. The molecule has 1 aromatic rings. The van der Waals surface area contributed by atoms with Crippen molar-refractivity contribution in [3.63, 3.8) is 0 Å². The van der Waals surface area contributed by atoms with Crippen molar-refractivity contribution in [1.82, 2.24) is 14.9 Å². The summed E-state index contributed by atoms with van der Waals surface area (Å²) in [6, 6.07) is 1.43. The van der Waals surface area contributed by atoms with Crippen molar-refractivity contribution >= 4 is 21.8 Å². The lowest BCUT2D eigenvalue weighted by Gasteiger charge is -2.29. The predicted octanol–water partition coefficient (Wildman–Crippen LogP) is 1.02. The first kappa shape index (κ1) is 21.4. The van der Waals surface area contributed by atoms with Gasteiger partial charge in [-0.25, -0.2) is 23.5 Å². The number of hydrogen-bond donors (Lipinski definition) is 1. The summed E-state index contributed by atoms with van der Waals surface area (Å²) < 4.78 is 29.9. The van der Waals surface area contributed by atoms with Crippen molar-refractivity contribution in [3.8, 4) is 12.3 Å². The summed E-state index contributed by atoms with van der Waals surface area (Å²) in [7, 11) is -3.79. The lowest BCUT2D eigenvalue weighted by Crippen LogP contribution is -2.52. The molecule has 0 aromatic carbocycles. The molecule has 0 saturated carbocycles. The van der Waals surface area contributed by atoms with Gasteiger partial charge in [0, 0.05) is 43.3 Å². The second-order valence-corrected chi connectivity index (χ2v) is 9.98. The Bertz CT molecular complexity index is 942. The van der Waals surface area contributed by atoms with E-state index in [-0.39, 0.29) is 19.0 Å². The standard InChI is InChI=1S/C19H25N3O6S/c1-4-14-11-15-13-21(18(24)22(15)12-14)9-8-19(2,29(3,25)26)17(23)20-28-16-7-5-6-10-27-16/h1,11-12,16H,5-10,13H2,2-3H3,(H,20,23)/t16-,19-/m0/s1. The molecule has 2 aliphatic heterocycles. The number of terminal acetylenes is 1. The third-order valence-corrected chi connectivity index (χ3v) is 7.50. The summed E-state index contributed by atoms with van der Waals surface area (Å²) in [4.78, 5) is 32.0. The van der Waals surface area contributed by atoms with E-state index in [1.807, 2.05) is 0 Å². The topological polar surface area (TPSA) is 107 Å². The van der Waals surface area contributed by atoms with E-state index in [0.29, 0.717) is 25.1 Å². The molecule has 1 N–H and O–H groups in total. The molecule has 9 nitrogen and oxygen atoms in total. The average Bonchev–Trinajstić information content (AvgIpc) is 3.23. The molecular formula is C19H25N3O6S. The zero-order valence-corrected chi connectivity index (χ0v) is 17.3. The van der Waals surface area contributed by atoms with Gasteiger partial charge in [-0.05, 0) is 32.3 Å². The fraction of sp³-hybridized carbons (Fsp3) is 0.579. The molecule has 1 saturated heterocycles. The first-order valence-corrected chi connectivity index (χ1v) is 11.3. The molecule has 0 aliphatic carbocycles. The fourth-order valence-electron chi connectivity index (χ4n) is 3.32. The van der Waals surface area contributed by atoms with E-state index in [2.05, 4.69) is 11.4 Å². The highest BCUT2D eigenvalue weighted by molar-refractivity contribution is 7.92. The summed E-state index contributed by atoms with van der Waals surface area (Å²) in [5, 5.41) is 0. The number of rotatable bonds is 7.